The van der Waals surface area contributed by atoms with E-state index in [2.05, 4.69) is 0 Å². The van der Waals surface area contributed by atoms with Crippen molar-refractivity contribution in [1.82, 2.24) is 0 Å². The number of carbonyl (C=O) groups is 2. The molecule has 1 aromatic rings. The van der Waals surface area contributed by atoms with E-state index < -0.39 is 11.9 Å². The Balaban J connectivity index is 2.69. The molecule has 86 valence electrons. The Morgan fingerprint density at radius 2 is 1.81 bits per heavy atom. The maximum Gasteiger partial charge on any atom is 0.234 e. The molecule has 0 aromatic heterocycles. The van der Waals surface area contributed by atoms with Crippen LogP contribution in [0, 0.1) is 0 Å². The van der Waals surface area contributed by atoms with Gasteiger partial charge in [-0.15, -0.1) is 0 Å². The van der Waals surface area contributed by atoms with Crippen molar-refractivity contribution in [2.75, 3.05) is 0 Å². The van der Waals surface area contributed by atoms with E-state index >= 15 is 0 Å². The van der Waals surface area contributed by atoms with Gasteiger partial charge in [0.25, 0.3) is 0 Å². The van der Waals surface area contributed by atoms with Gasteiger partial charge >= 0.3 is 0 Å². The zero-order chi connectivity index (χ0) is 12.1. The molecule has 0 radical (unpaired) electrons. The van der Waals surface area contributed by atoms with Crippen LogP contribution in [-0.4, -0.2) is 17.7 Å². The number of primary amides is 1. The van der Waals surface area contributed by atoms with E-state index in [0.29, 0.717) is 5.56 Å². The molecule has 4 N–H and O–H groups in total. The molecular weight excluding hydrogens is 204 g/mol. The summed E-state index contributed by atoms with van der Waals surface area (Å²) in [4.78, 5) is 22.4. The zero-order valence-electron chi connectivity index (χ0n) is 9.27. The fourth-order valence-corrected chi connectivity index (χ4v) is 1.34. The number of Topliss-reactive ketones (excluding diaryl/α,β-unsaturated/α-hetero) is 1. The zero-order valence-corrected chi connectivity index (χ0v) is 9.27. The third kappa shape index (κ3) is 3.17. The lowest BCUT2D eigenvalue weighted by atomic mass is 10.0. The molecule has 0 heterocycles. The van der Waals surface area contributed by atoms with E-state index in [1.165, 1.54) is 0 Å². The second-order valence-corrected chi connectivity index (χ2v) is 3.69. The molecule has 0 saturated heterocycles. The summed E-state index contributed by atoms with van der Waals surface area (Å²) < 4.78 is 0. The number of benzene rings is 1. The van der Waals surface area contributed by atoms with E-state index in [9.17, 15) is 9.59 Å². The average Bonchev–Trinajstić information content (AvgIpc) is 2.28. The number of carbonyl (C=O) groups excluding carboxylic acids is 2. The van der Waals surface area contributed by atoms with Crippen molar-refractivity contribution in [2.45, 2.75) is 25.8 Å². The first-order chi connectivity index (χ1) is 7.54. The molecule has 16 heavy (non-hydrogen) atoms. The summed E-state index contributed by atoms with van der Waals surface area (Å²) in [5.41, 5.74) is 12.1. The maximum absolute atomic E-state index is 11.7. The molecule has 0 aliphatic heterocycles. The van der Waals surface area contributed by atoms with Crippen LogP contribution in [-0.2, 0) is 11.2 Å². The highest BCUT2D eigenvalue weighted by Gasteiger charge is 2.15. The van der Waals surface area contributed by atoms with Crippen LogP contribution in [0.1, 0.15) is 29.3 Å². The Labute approximate surface area is 94.6 Å². The molecule has 1 rings (SSSR count). The van der Waals surface area contributed by atoms with Gasteiger partial charge in [0.05, 0.1) is 6.04 Å². The minimum absolute atomic E-state index is 0.0409. The van der Waals surface area contributed by atoms with Crippen molar-refractivity contribution in [2.24, 2.45) is 11.5 Å². The minimum atomic E-state index is -0.904. The van der Waals surface area contributed by atoms with Crippen LogP contribution in [0.2, 0.25) is 0 Å². The molecule has 0 spiro atoms. The van der Waals surface area contributed by atoms with Crippen LogP contribution in [0.5, 0.6) is 0 Å². The van der Waals surface area contributed by atoms with Crippen molar-refractivity contribution in [1.29, 1.82) is 0 Å². The standard InChI is InChI=1S/C12H16N2O2/c1-2-8-3-5-9(6-4-8)11(15)7-10(13)12(14)16/h3-6,10H,2,7,13H2,1H3,(H2,14,16). The molecule has 1 aromatic carbocycles. The number of hydrogen-bond donors (Lipinski definition) is 2. The number of hydrogen-bond acceptors (Lipinski definition) is 3. The molecule has 1 unspecified atom stereocenters. The summed E-state index contributed by atoms with van der Waals surface area (Å²) in [5, 5.41) is 0. The highest BCUT2D eigenvalue weighted by molar-refractivity contribution is 5.99. The van der Waals surface area contributed by atoms with Crippen molar-refractivity contribution >= 4 is 11.7 Å². The van der Waals surface area contributed by atoms with E-state index in [1.54, 1.807) is 12.1 Å². The number of ketones is 1. The van der Waals surface area contributed by atoms with Crippen molar-refractivity contribution in [3.63, 3.8) is 0 Å². The molecule has 0 bridgehead atoms. The normalized spacial score (nSPS) is 12.1. The minimum Gasteiger partial charge on any atom is -0.368 e. The third-order valence-corrected chi connectivity index (χ3v) is 2.45. The van der Waals surface area contributed by atoms with E-state index in [4.69, 9.17) is 11.5 Å². The third-order valence-electron chi connectivity index (χ3n) is 2.45. The molecule has 0 aliphatic rings. The number of nitrogens with two attached hydrogens (primary N) is 2. The second kappa shape index (κ2) is 5.42. The van der Waals surface area contributed by atoms with Crippen LogP contribution in [0.15, 0.2) is 24.3 Å². The van der Waals surface area contributed by atoms with Gasteiger partial charge in [-0.3, -0.25) is 9.59 Å². The molecular formula is C12H16N2O2. The largest absolute Gasteiger partial charge is 0.368 e. The molecule has 1 amide bonds. The Bertz CT molecular complexity index is 385. The Kier molecular flexibility index (Phi) is 4.19. The summed E-state index contributed by atoms with van der Waals surface area (Å²) in [6.45, 7) is 2.04. The van der Waals surface area contributed by atoms with Gasteiger partial charge in [-0.2, -0.15) is 0 Å². The maximum atomic E-state index is 11.7. The topological polar surface area (TPSA) is 86.2 Å². The first-order valence-corrected chi connectivity index (χ1v) is 5.21. The molecule has 4 nitrogen and oxygen atoms in total. The monoisotopic (exact) mass is 220 g/mol. The van der Waals surface area contributed by atoms with Gasteiger partial charge in [-0.05, 0) is 12.0 Å². The number of rotatable bonds is 5. The van der Waals surface area contributed by atoms with Crippen LogP contribution >= 0.6 is 0 Å². The van der Waals surface area contributed by atoms with E-state index in [0.717, 1.165) is 12.0 Å². The van der Waals surface area contributed by atoms with Crippen LogP contribution in [0.4, 0.5) is 0 Å². The number of amides is 1. The van der Waals surface area contributed by atoms with Gasteiger partial charge in [0.1, 0.15) is 0 Å². The molecule has 0 saturated carbocycles. The van der Waals surface area contributed by atoms with Crippen molar-refractivity contribution < 1.29 is 9.59 Å². The molecule has 1 atom stereocenters. The molecule has 0 aliphatic carbocycles. The van der Waals surface area contributed by atoms with Crippen molar-refractivity contribution in [3.05, 3.63) is 35.4 Å². The predicted octanol–water partition coefficient (Wildman–Crippen LogP) is 0.634. The fourth-order valence-electron chi connectivity index (χ4n) is 1.34. The van der Waals surface area contributed by atoms with Gasteiger partial charge in [0.15, 0.2) is 5.78 Å². The quantitative estimate of drug-likeness (QED) is 0.714. The SMILES string of the molecule is CCc1ccc(C(=O)CC(N)C(N)=O)cc1. The van der Waals surface area contributed by atoms with Gasteiger partial charge in [-0.25, -0.2) is 0 Å². The number of aryl methyl sites for hydroxylation is 1. The second-order valence-electron chi connectivity index (χ2n) is 3.69. The van der Waals surface area contributed by atoms with Crippen LogP contribution < -0.4 is 11.5 Å². The highest BCUT2D eigenvalue weighted by atomic mass is 16.1. The summed E-state index contributed by atoms with van der Waals surface area (Å²) in [6.07, 6.45) is 0.885. The predicted molar refractivity (Wildman–Crippen MR) is 61.9 cm³/mol. The smallest absolute Gasteiger partial charge is 0.234 e. The first-order valence-electron chi connectivity index (χ1n) is 5.21. The lowest BCUT2D eigenvalue weighted by Crippen LogP contribution is -2.38. The summed E-state index contributed by atoms with van der Waals surface area (Å²) in [6, 6.07) is 6.37. The summed E-state index contributed by atoms with van der Waals surface area (Å²) >= 11 is 0. The fraction of sp³-hybridized carbons (Fsp3) is 0.333. The lowest BCUT2D eigenvalue weighted by Gasteiger charge is -2.06. The van der Waals surface area contributed by atoms with E-state index in [-0.39, 0.29) is 12.2 Å². The lowest BCUT2D eigenvalue weighted by molar-refractivity contribution is -0.119. The van der Waals surface area contributed by atoms with Crippen molar-refractivity contribution in [3.8, 4) is 0 Å². The van der Waals surface area contributed by atoms with Gasteiger partial charge in [0.2, 0.25) is 5.91 Å². The average molecular weight is 220 g/mol. The van der Waals surface area contributed by atoms with Crippen LogP contribution in [0.25, 0.3) is 0 Å². The Hall–Kier alpha value is -1.68. The highest BCUT2D eigenvalue weighted by Crippen LogP contribution is 2.08. The van der Waals surface area contributed by atoms with Gasteiger partial charge < -0.3 is 11.5 Å². The van der Waals surface area contributed by atoms with Gasteiger partial charge in [-0.1, -0.05) is 31.2 Å². The van der Waals surface area contributed by atoms with E-state index in [1.807, 2.05) is 19.1 Å². The summed E-state index contributed by atoms with van der Waals surface area (Å²) in [7, 11) is 0. The summed E-state index contributed by atoms with van der Waals surface area (Å²) in [5.74, 6) is -0.813. The first kappa shape index (κ1) is 12.4. The van der Waals surface area contributed by atoms with Crippen LogP contribution in [0.3, 0.4) is 0 Å². The Morgan fingerprint density at radius 3 is 2.25 bits per heavy atom. The molecule has 0 fully saturated rings. The van der Waals surface area contributed by atoms with Gasteiger partial charge in [0, 0.05) is 12.0 Å². The Morgan fingerprint density at radius 1 is 1.25 bits per heavy atom. The molecule has 4 heteroatoms.